The number of nitrogens with zero attached hydrogens (tertiary/aromatic N) is 2. The number of hydrogen-bond acceptors (Lipinski definition) is 2. The number of hydrogen-bond donors (Lipinski definition) is 1. The smallest absolute Gasteiger partial charge is 0.254 e. The average Bonchev–Trinajstić information content (AvgIpc) is 3.04. The lowest BCUT2D eigenvalue weighted by molar-refractivity contribution is 0.0951. The number of carbonyl (C=O) groups is 1. The number of amides is 1. The average molecular weight is 306 g/mol. The summed E-state index contributed by atoms with van der Waals surface area (Å²) in [6.45, 7) is 0. The van der Waals surface area contributed by atoms with Crippen LogP contribution in [-0.4, -0.2) is 21.7 Å². The molecule has 0 radical (unpaired) electrons. The van der Waals surface area contributed by atoms with Gasteiger partial charge in [0, 0.05) is 16.7 Å². The zero-order chi connectivity index (χ0) is 12.5. The molecular formula is C13H12BrN3O. The maximum atomic E-state index is 11.8. The zero-order valence-corrected chi connectivity index (χ0v) is 11.2. The number of aromatic nitrogens is 2. The maximum Gasteiger partial charge on any atom is 0.254 e. The van der Waals surface area contributed by atoms with Crippen LogP contribution in [0.3, 0.4) is 0 Å². The molecule has 18 heavy (non-hydrogen) atoms. The fraction of sp³-hybridized carbons (Fsp3) is 0.231. The van der Waals surface area contributed by atoms with Crippen molar-refractivity contribution in [1.29, 1.82) is 0 Å². The molecule has 92 valence electrons. The van der Waals surface area contributed by atoms with E-state index in [0.717, 1.165) is 23.0 Å². The highest BCUT2D eigenvalue weighted by Crippen LogP contribution is 2.19. The molecule has 0 spiro atoms. The first-order chi connectivity index (χ1) is 8.72. The van der Waals surface area contributed by atoms with E-state index in [1.54, 1.807) is 17.1 Å². The molecule has 1 fully saturated rings. The van der Waals surface area contributed by atoms with Gasteiger partial charge in [0.1, 0.15) is 0 Å². The minimum Gasteiger partial charge on any atom is -0.349 e. The van der Waals surface area contributed by atoms with Gasteiger partial charge in [-0.3, -0.25) is 4.79 Å². The molecule has 4 nitrogen and oxygen atoms in total. The molecule has 1 aromatic carbocycles. The van der Waals surface area contributed by atoms with Crippen molar-refractivity contribution >= 4 is 21.8 Å². The first-order valence-electron chi connectivity index (χ1n) is 5.84. The van der Waals surface area contributed by atoms with Crippen LogP contribution < -0.4 is 5.32 Å². The second-order valence-electron chi connectivity index (χ2n) is 4.40. The normalized spacial score (nSPS) is 14.5. The summed E-state index contributed by atoms with van der Waals surface area (Å²) in [7, 11) is 0. The first kappa shape index (κ1) is 11.5. The van der Waals surface area contributed by atoms with E-state index in [4.69, 9.17) is 0 Å². The lowest BCUT2D eigenvalue weighted by Crippen LogP contribution is -2.24. The Hall–Kier alpha value is -1.62. The van der Waals surface area contributed by atoms with Crippen LogP contribution in [0.4, 0.5) is 0 Å². The Bertz CT molecular complexity index is 572. The fourth-order valence-electron chi connectivity index (χ4n) is 1.67. The van der Waals surface area contributed by atoms with Crippen LogP contribution >= 0.6 is 15.9 Å². The second kappa shape index (κ2) is 4.57. The summed E-state index contributed by atoms with van der Waals surface area (Å²) in [5.74, 6) is -0.0409. The Kier molecular flexibility index (Phi) is 2.91. The van der Waals surface area contributed by atoms with Gasteiger partial charge in [-0.15, -0.1) is 0 Å². The third kappa shape index (κ3) is 2.46. The van der Waals surface area contributed by atoms with Gasteiger partial charge in [-0.25, -0.2) is 4.68 Å². The lowest BCUT2D eigenvalue weighted by Gasteiger charge is -2.01. The molecule has 0 bridgehead atoms. The third-order valence-electron chi connectivity index (χ3n) is 2.85. The van der Waals surface area contributed by atoms with Gasteiger partial charge in [-0.2, -0.15) is 5.10 Å². The molecular weight excluding hydrogens is 294 g/mol. The van der Waals surface area contributed by atoms with E-state index >= 15 is 0 Å². The minimum absolute atomic E-state index is 0.0409. The lowest BCUT2D eigenvalue weighted by atomic mass is 10.3. The van der Waals surface area contributed by atoms with Crippen molar-refractivity contribution in [2.45, 2.75) is 18.9 Å². The molecule has 1 amide bonds. The SMILES string of the molecule is O=C(NC1CC1)c1cnn(-c2ccc(Br)cc2)c1. The third-order valence-corrected chi connectivity index (χ3v) is 3.38. The quantitative estimate of drug-likeness (QED) is 0.947. The van der Waals surface area contributed by atoms with E-state index in [-0.39, 0.29) is 5.91 Å². The molecule has 3 rings (SSSR count). The van der Waals surface area contributed by atoms with E-state index in [9.17, 15) is 4.79 Å². The van der Waals surface area contributed by atoms with Crippen molar-refractivity contribution in [2.24, 2.45) is 0 Å². The zero-order valence-electron chi connectivity index (χ0n) is 9.64. The van der Waals surface area contributed by atoms with E-state index in [1.807, 2.05) is 24.3 Å². The molecule has 1 saturated carbocycles. The number of nitrogens with one attached hydrogen (secondary N) is 1. The highest BCUT2D eigenvalue weighted by atomic mass is 79.9. The molecule has 1 N–H and O–H groups in total. The predicted molar refractivity (Wildman–Crippen MR) is 71.8 cm³/mol. The standard InChI is InChI=1S/C13H12BrN3O/c14-10-1-5-12(6-2-10)17-8-9(7-15-17)13(18)16-11-3-4-11/h1-2,5-8,11H,3-4H2,(H,16,18). The number of halogens is 1. The predicted octanol–water partition coefficient (Wildman–Crippen LogP) is 2.53. The van der Waals surface area contributed by atoms with Crippen molar-refractivity contribution in [3.05, 3.63) is 46.7 Å². The molecule has 1 heterocycles. The Morgan fingerprint density at radius 1 is 1.33 bits per heavy atom. The monoisotopic (exact) mass is 305 g/mol. The van der Waals surface area contributed by atoms with Crippen LogP contribution in [0.15, 0.2) is 41.1 Å². The van der Waals surface area contributed by atoms with Crippen molar-refractivity contribution in [3.63, 3.8) is 0 Å². The van der Waals surface area contributed by atoms with Crippen LogP contribution in [-0.2, 0) is 0 Å². The van der Waals surface area contributed by atoms with E-state index in [1.165, 1.54) is 0 Å². The highest BCUT2D eigenvalue weighted by molar-refractivity contribution is 9.10. The number of carbonyl (C=O) groups excluding carboxylic acids is 1. The van der Waals surface area contributed by atoms with Crippen LogP contribution in [0.1, 0.15) is 23.2 Å². The molecule has 0 aliphatic heterocycles. The summed E-state index contributed by atoms with van der Waals surface area (Å²) in [6.07, 6.45) is 5.53. The van der Waals surface area contributed by atoms with Crippen molar-refractivity contribution in [2.75, 3.05) is 0 Å². The Balaban J connectivity index is 1.79. The first-order valence-corrected chi connectivity index (χ1v) is 6.63. The summed E-state index contributed by atoms with van der Waals surface area (Å²) in [5.41, 5.74) is 1.54. The van der Waals surface area contributed by atoms with Gasteiger partial charge in [0.15, 0.2) is 0 Å². The molecule has 2 aromatic rings. The Morgan fingerprint density at radius 2 is 2.06 bits per heavy atom. The minimum atomic E-state index is -0.0409. The van der Waals surface area contributed by atoms with Gasteiger partial charge < -0.3 is 5.32 Å². The Morgan fingerprint density at radius 3 is 2.72 bits per heavy atom. The van der Waals surface area contributed by atoms with Crippen LogP contribution in [0.5, 0.6) is 0 Å². The molecule has 0 saturated heterocycles. The summed E-state index contributed by atoms with van der Waals surface area (Å²) in [4.78, 5) is 11.8. The molecule has 1 aromatic heterocycles. The molecule has 1 aliphatic carbocycles. The van der Waals surface area contributed by atoms with Crippen LogP contribution in [0.2, 0.25) is 0 Å². The number of benzene rings is 1. The van der Waals surface area contributed by atoms with Crippen molar-refractivity contribution < 1.29 is 4.79 Å². The molecule has 1 aliphatic rings. The van der Waals surface area contributed by atoms with Crippen LogP contribution in [0.25, 0.3) is 5.69 Å². The summed E-state index contributed by atoms with van der Waals surface area (Å²) in [6, 6.07) is 8.15. The van der Waals surface area contributed by atoms with E-state index in [0.29, 0.717) is 11.6 Å². The largest absolute Gasteiger partial charge is 0.349 e. The molecule has 0 unspecified atom stereocenters. The number of rotatable bonds is 3. The summed E-state index contributed by atoms with van der Waals surface area (Å²) < 4.78 is 2.72. The van der Waals surface area contributed by atoms with Gasteiger partial charge >= 0.3 is 0 Å². The summed E-state index contributed by atoms with van der Waals surface area (Å²) in [5, 5.41) is 7.15. The topological polar surface area (TPSA) is 46.9 Å². The molecule has 5 heteroatoms. The van der Waals surface area contributed by atoms with Gasteiger partial charge in [-0.1, -0.05) is 15.9 Å². The fourth-order valence-corrected chi connectivity index (χ4v) is 1.94. The van der Waals surface area contributed by atoms with Gasteiger partial charge in [-0.05, 0) is 37.1 Å². The van der Waals surface area contributed by atoms with E-state index in [2.05, 4.69) is 26.3 Å². The van der Waals surface area contributed by atoms with Gasteiger partial charge in [0.05, 0.1) is 17.4 Å². The molecule has 0 atom stereocenters. The van der Waals surface area contributed by atoms with Gasteiger partial charge in [0.2, 0.25) is 0 Å². The second-order valence-corrected chi connectivity index (χ2v) is 5.31. The van der Waals surface area contributed by atoms with Gasteiger partial charge in [0.25, 0.3) is 5.91 Å². The summed E-state index contributed by atoms with van der Waals surface area (Å²) >= 11 is 3.39. The van der Waals surface area contributed by atoms with Crippen molar-refractivity contribution in [1.82, 2.24) is 15.1 Å². The highest BCUT2D eigenvalue weighted by Gasteiger charge is 2.24. The Labute approximate surface area is 113 Å². The van der Waals surface area contributed by atoms with E-state index < -0.39 is 0 Å². The van der Waals surface area contributed by atoms with Crippen molar-refractivity contribution in [3.8, 4) is 5.69 Å². The maximum absolute atomic E-state index is 11.8. The van der Waals surface area contributed by atoms with Crippen LogP contribution in [0, 0.1) is 0 Å².